The van der Waals surface area contributed by atoms with Crippen molar-refractivity contribution in [2.24, 2.45) is 17.1 Å². The fourth-order valence-corrected chi connectivity index (χ4v) is 1.70. The molecule has 0 radical (unpaired) electrons. The highest BCUT2D eigenvalue weighted by molar-refractivity contribution is 4.69. The Bertz CT molecular complexity index is 143. The van der Waals surface area contributed by atoms with Gasteiger partial charge in [0.25, 0.3) is 0 Å². The summed E-state index contributed by atoms with van der Waals surface area (Å²) in [5.41, 5.74) is 6.01. The number of nitrogens with two attached hydrogens (primary N) is 1. The van der Waals surface area contributed by atoms with E-state index in [-0.39, 0.29) is 0 Å². The third-order valence-corrected chi connectivity index (χ3v) is 3.22. The molecule has 0 aromatic rings. The van der Waals surface area contributed by atoms with Crippen LogP contribution in [0.3, 0.4) is 0 Å². The van der Waals surface area contributed by atoms with E-state index >= 15 is 0 Å². The second-order valence-electron chi connectivity index (χ2n) is 5.52. The number of nitrogens with one attached hydrogen (secondary N) is 1. The molecule has 1 unspecified atom stereocenters. The average Bonchev–Trinajstić information content (AvgIpc) is 2.16. The van der Waals surface area contributed by atoms with Gasteiger partial charge in [0.1, 0.15) is 0 Å². The van der Waals surface area contributed by atoms with Gasteiger partial charge in [-0.2, -0.15) is 0 Å². The maximum absolute atomic E-state index is 5.59. The summed E-state index contributed by atoms with van der Waals surface area (Å²) in [7, 11) is 0. The Morgan fingerprint density at radius 1 is 1.27 bits per heavy atom. The first kappa shape index (κ1) is 14.9. The average molecular weight is 214 g/mol. The van der Waals surface area contributed by atoms with Crippen molar-refractivity contribution in [3.8, 4) is 0 Å². The lowest BCUT2D eigenvalue weighted by atomic mass is 9.84. The van der Waals surface area contributed by atoms with Crippen LogP contribution in [0.5, 0.6) is 0 Å². The van der Waals surface area contributed by atoms with Crippen LogP contribution in [-0.4, -0.2) is 19.6 Å². The summed E-state index contributed by atoms with van der Waals surface area (Å²) in [6, 6.07) is 0. The molecule has 0 aromatic carbocycles. The first-order valence-electron chi connectivity index (χ1n) is 6.42. The fraction of sp³-hybridized carbons (Fsp3) is 1.00. The largest absolute Gasteiger partial charge is 0.330 e. The number of hydrogen-bond acceptors (Lipinski definition) is 2. The zero-order valence-corrected chi connectivity index (χ0v) is 11.1. The second-order valence-corrected chi connectivity index (χ2v) is 5.52. The molecule has 0 aromatic heterocycles. The predicted molar refractivity (Wildman–Crippen MR) is 69.0 cm³/mol. The Labute approximate surface area is 96.0 Å². The summed E-state index contributed by atoms with van der Waals surface area (Å²) in [6.45, 7) is 12.3. The van der Waals surface area contributed by atoms with Gasteiger partial charge in [0, 0.05) is 0 Å². The van der Waals surface area contributed by atoms with E-state index in [1.807, 2.05) is 0 Å². The van der Waals surface area contributed by atoms with Crippen molar-refractivity contribution < 1.29 is 0 Å². The van der Waals surface area contributed by atoms with Crippen LogP contribution in [0.25, 0.3) is 0 Å². The minimum atomic E-state index is 0.423. The highest BCUT2D eigenvalue weighted by Gasteiger charge is 2.15. The zero-order valence-electron chi connectivity index (χ0n) is 11.1. The summed E-state index contributed by atoms with van der Waals surface area (Å²) in [5.74, 6) is 0.807. The van der Waals surface area contributed by atoms with E-state index < -0.39 is 0 Å². The maximum atomic E-state index is 5.59. The van der Waals surface area contributed by atoms with Gasteiger partial charge in [-0.25, -0.2) is 0 Å². The molecule has 0 fully saturated rings. The molecule has 0 heterocycles. The highest BCUT2D eigenvalue weighted by Crippen LogP contribution is 2.25. The van der Waals surface area contributed by atoms with Crippen molar-refractivity contribution in [2.45, 2.75) is 53.4 Å². The van der Waals surface area contributed by atoms with E-state index in [9.17, 15) is 0 Å². The van der Waals surface area contributed by atoms with Crippen LogP contribution in [0.15, 0.2) is 0 Å². The van der Waals surface area contributed by atoms with Gasteiger partial charge in [0.15, 0.2) is 0 Å². The first-order valence-corrected chi connectivity index (χ1v) is 6.42. The molecule has 15 heavy (non-hydrogen) atoms. The molecule has 1 atom stereocenters. The normalized spacial score (nSPS) is 14.2. The molecule has 0 aliphatic rings. The number of hydrogen-bond donors (Lipinski definition) is 2. The van der Waals surface area contributed by atoms with Crippen molar-refractivity contribution in [3.05, 3.63) is 0 Å². The smallest absolute Gasteiger partial charge is 0.00233 e. The number of rotatable bonds is 9. The van der Waals surface area contributed by atoms with Crippen molar-refractivity contribution in [3.63, 3.8) is 0 Å². The Morgan fingerprint density at radius 2 is 1.93 bits per heavy atom. The molecule has 92 valence electrons. The van der Waals surface area contributed by atoms with Gasteiger partial charge >= 0.3 is 0 Å². The van der Waals surface area contributed by atoms with Gasteiger partial charge in [-0.15, -0.1) is 0 Å². The molecule has 0 bridgehead atoms. The Balaban J connectivity index is 3.37. The van der Waals surface area contributed by atoms with Gasteiger partial charge < -0.3 is 11.1 Å². The maximum Gasteiger partial charge on any atom is -0.00233 e. The van der Waals surface area contributed by atoms with E-state index in [0.29, 0.717) is 5.41 Å². The van der Waals surface area contributed by atoms with Gasteiger partial charge in [0.05, 0.1) is 0 Å². The summed E-state index contributed by atoms with van der Waals surface area (Å²) in [6.07, 6.45) is 4.95. The minimum absolute atomic E-state index is 0.423. The van der Waals surface area contributed by atoms with Crippen LogP contribution in [0, 0.1) is 11.3 Å². The quantitative estimate of drug-likeness (QED) is 0.579. The van der Waals surface area contributed by atoms with Crippen LogP contribution in [0.2, 0.25) is 0 Å². The Morgan fingerprint density at radius 3 is 2.47 bits per heavy atom. The molecular formula is C13H30N2. The standard InChI is InChI=1S/C13H30N2/c1-5-12(2)11-15-10-6-7-13(3,4)8-9-14/h12,15H,5-11,14H2,1-4H3. The lowest BCUT2D eigenvalue weighted by molar-refractivity contribution is 0.301. The second kappa shape index (κ2) is 8.12. The topological polar surface area (TPSA) is 38.0 Å². The fourth-order valence-electron chi connectivity index (χ4n) is 1.70. The molecule has 0 saturated heterocycles. The van der Waals surface area contributed by atoms with E-state index in [1.54, 1.807) is 0 Å². The van der Waals surface area contributed by atoms with Gasteiger partial charge in [-0.1, -0.05) is 34.1 Å². The van der Waals surface area contributed by atoms with Crippen molar-refractivity contribution in [1.82, 2.24) is 5.32 Å². The molecule has 0 saturated carbocycles. The monoisotopic (exact) mass is 214 g/mol. The van der Waals surface area contributed by atoms with E-state index in [2.05, 4.69) is 33.0 Å². The molecule has 2 nitrogen and oxygen atoms in total. The molecule has 2 heteroatoms. The van der Waals surface area contributed by atoms with Crippen molar-refractivity contribution >= 4 is 0 Å². The third-order valence-electron chi connectivity index (χ3n) is 3.22. The molecule has 0 rings (SSSR count). The first-order chi connectivity index (χ1) is 7.02. The summed E-state index contributed by atoms with van der Waals surface area (Å²) in [5, 5.41) is 3.52. The van der Waals surface area contributed by atoms with Crippen LogP contribution in [0.4, 0.5) is 0 Å². The SMILES string of the molecule is CCC(C)CNCCCC(C)(C)CCN. The van der Waals surface area contributed by atoms with Gasteiger partial charge in [-0.05, 0) is 50.2 Å². The third kappa shape index (κ3) is 8.88. The van der Waals surface area contributed by atoms with Gasteiger partial charge in [0.2, 0.25) is 0 Å². The lowest BCUT2D eigenvalue weighted by Gasteiger charge is -2.23. The van der Waals surface area contributed by atoms with Crippen molar-refractivity contribution in [1.29, 1.82) is 0 Å². The Kier molecular flexibility index (Phi) is 8.07. The predicted octanol–water partition coefficient (Wildman–Crippen LogP) is 2.78. The summed E-state index contributed by atoms with van der Waals surface area (Å²) >= 11 is 0. The zero-order chi connectivity index (χ0) is 11.7. The molecule has 0 spiro atoms. The van der Waals surface area contributed by atoms with Crippen LogP contribution in [-0.2, 0) is 0 Å². The molecular weight excluding hydrogens is 184 g/mol. The lowest BCUT2D eigenvalue weighted by Crippen LogP contribution is -2.24. The molecule has 0 aliphatic heterocycles. The van der Waals surface area contributed by atoms with Crippen molar-refractivity contribution in [2.75, 3.05) is 19.6 Å². The summed E-state index contributed by atoms with van der Waals surface area (Å²) < 4.78 is 0. The molecule has 3 N–H and O–H groups in total. The van der Waals surface area contributed by atoms with E-state index in [0.717, 1.165) is 32.0 Å². The minimum Gasteiger partial charge on any atom is -0.330 e. The molecule has 0 aliphatic carbocycles. The van der Waals surface area contributed by atoms with Crippen LogP contribution < -0.4 is 11.1 Å². The van der Waals surface area contributed by atoms with E-state index in [4.69, 9.17) is 5.73 Å². The van der Waals surface area contributed by atoms with Crippen LogP contribution >= 0.6 is 0 Å². The molecule has 0 amide bonds. The van der Waals surface area contributed by atoms with Gasteiger partial charge in [-0.3, -0.25) is 0 Å². The van der Waals surface area contributed by atoms with Crippen LogP contribution in [0.1, 0.15) is 53.4 Å². The van der Waals surface area contributed by atoms with E-state index in [1.165, 1.54) is 19.3 Å². The highest BCUT2D eigenvalue weighted by atomic mass is 14.8. The summed E-state index contributed by atoms with van der Waals surface area (Å²) in [4.78, 5) is 0. The Hall–Kier alpha value is -0.0800.